The highest BCUT2D eigenvalue weighted by molar-refractivity contribution is 6.13. The van der Waals surface area contributed by atoms with Gasteiger partial charge in [-0.25, -0.2) is 0 Å². The quantitative estimate of drug-likeness (QED) is 0.151. The molecule has 0 fully saturated rings. The Kier molecular flexibility index (Phi) is 10.8. The molecule has 0 atom stereocenters. The summed E-state index contributed by atoms with van der Waals surface area (Å²) < 4.78 is 4.87. The summed E-state index contributed by atoms with van der Waals surface area (Å²) in [5.74, 6) is 0. The third kappa shape index (κ3) is 7.48. The van der Waals surface area contributed by atoms with Crippen molar-refractivity contribution in [1.29, 1.82) is 0 Å². The van der Waals surface area contributed by atoms with Crippen molar-refractivity contribution >= 4 is 65.2 Å². The highest BCUT2D eigenvalue weighted by Gasteiger charge is 2.38. The number of nitrogens with zero attached hydrogens (tertiary/aromatic N) is 2. The first-order valence-electron chi connectivity index (χ1n) is 31.0. The molecule has 18 rings (SSSR count). The minimum absolute atomic E-state index is 0.175. The predicted molar refractivity (Wildman–Crippen MR) is 372 cm³/mol. The Hall–Kier alpha value is -10.8. The van der Waals surface area contributed by atoms with Gasteiger partial charge in [0, 0.05) is 43.1 Å². The molecule has 14 aromatic carbocycles. The van der Waals surface area contributed by atoms with Crippen molar-refractivity contribution in [3.05, 3.63) is 313 Å². The van der Waals surface area contributed by atoms with Gasteiger partial charge in [0.2, 0.25) is 0 Å². The van der Waals surface area contributed by atoms with Crippen LogP contribution in [0.25, 0.3) is 154 Å². The Morgan fingerprint density at radius 2 is 0.466 bits per heavy atom. The number of hydrogen-bond acceptors (Lipinski definition) is 0. The monoisotopic (exact) mass is 1120 g/mol. The summed E-state index contributed by atoms with van der Waals surface area (Å²) in [6, 6.07) is 109. The van der Waals surface area contributed by atoms with Gasteiger partial charge in [-0.15, -0.1) is 0 Å². The summed E-state index contributed by atoms with van der Waals surface area (Å²) in [4.78, 5) is 0. The fourth-order valence-corrected chi connectivity index (χ4v) is 15.5. The van der Waals surface area contributed by atoms with Crippen LogP contribution < -0.4 is 0 Å². The second kappa shape index (κ2) is 18.8. The van der Waals surface area contributed by atoms with Gasteiger partial charge < -0.3 is 9.13 Å². The number of benzene rings is 14. The zero-order valence-corrected chi connectivity index (χ0v) is 49.6. The van der Waals surface area contributed by atoms with E-state index in [1.54, 1.807) is 0 Å². The average Bonchev–Trinajstić information content (AvgIpc) is 1.70. The van der Waals surface area contributed by atoms with Crippen molar-refractivity contribution in [3.8, 4) is 89.3 Å². The zero-order chi connectivity index (χ0) is 58.6. The van der Waals surface area contributed by atoms with Gasteiger partial charge in [-0.05, 0) is 184 Å². The van der Waals surface area contributed by atoms with Crippen molar-refractivity contribution in [2.24, 2.45) is 0 Å². The van der Waals surface area contributed by atoms with Crippen molar-refractivity contribution in [3.63, 3.8) is 0 Å². The highest BCUT2D eigenvalue weighted by atomic mass is 15.0. The molecule has 16 aromatic rings. The van der Waals surface area contributed by atoms with Crippen molar-refractivity contribution < 1.29 is 0 Å². The third-order valence-corrected chi connectivity index (χ3v) is 20.1. The zero-order valence-electron chi connectivity index (χ0n) is 49.6. The Morgan fingerprint density at radius 3 is 0.830 bits per heavy atom. The normalized spacial score (nSPS) is 13.6. The molecule has 0 amide bonds. The maximum Gasteiger partial charge on any atom is 0.0541 e. The van der Waals surface area contributed by atoms with E-state index in [1.807, 2.05) is 0 Å². The first-order valence-corrected chi connectivity index (χ1v) is 31.0. The van der Waals surface area contributed by atoms with Crippen LogP contribution in [0.15, 0.2) is 291 Å². The number of hydrogen-bond donors (Lipinski definition) is 0. The molecule has 2 heteroatoms. The molecular weight excluding hydrogens is 1060 g/mol. The van der Waals surface area contributed by atoms with Gasteiger partial charge >= 0.3 is 0 Å². The maximum atomic E-state index is 2.47. The summed E-state index contributed by atoms with van der Waals surface area (Å²) in [5, 5.41) is 10.0. The van der Waals surface area contributed by atoms with Crippen LogP contribution in [0.4, 0.5) is 0 Å². The van der Waals surface area contributed by atoms with Crippen LogP contribution in [0.1, 0.15) is 49.9 Å². The van der Waals surface area contributed by atoms with E-state index in [0.29, 0.717) is 0 Å². The first-order chi connectivity index (χ1) is 43.1. The van der Waals surface area contributed by atoms with E-state index in [4.69, 9.17) is 0 Å². The summed E-state index contributed by atoms with van der Waals surface area (Å²) in [5.41, 5.74) is 30.1. The molecule has 2 nitrogen and oxygen atoms in total. The van der Waals surface area contributed by atoms with E-state index >= 15 is 0 Å². The molecule has 2 aromatic heterocycles. The van der Waals surface area contributed by atoms with E-state index in [2.05, 4.69) is 328 Å². The van der Waals surface area contributed by atoms with Crippen molar-refractivity contribution in [2.75, 3.05) is 0 Å². The minimum Gasteiger partial charge on any atom is -0.309 e. The predicted octanol–water partition coefficient (Wildman–Crippen LogP) is 23.1. The van der Waals surface area contributed by atoms with Crippen LogP contribution in [-0.2, 0) is 10.8 Å². The summed E-state index contributed by atoms with van der Waals surface area (Å²) in [6.07, 6.45) is 0. The molecule has 2 aliphatic carbocycles. The topological polar surface area (TPSA) is 9.86 Å². The number of aromatic nitrogens is 2. The van der Waals surface area contributed by atoms with Gasteiger partial charge in [-0.3, -0.25) is 0 Å². The molecule has 0 saturated heterocycles. The molecule has 0 aliphatic heterocycles. The van der Waals surface area contributed by atoms with Gasteiger partial charge in [0.25, 0.3) is 0 Å². The van der Waals surface area contributed by atoms with Gasteiger partial charge in [0.05, 0.1) is 33.4 Å². The van der Waals surface area contributed by atoms with Crippen LogP contribution >= 0.6 is 0 Å². The Labute approximate surface area is 512 Å². The fraction of sp³-hybridized carbons (Fsp3) is 0.0698. The largest absolute Gasteiger partial charge is 0.309 e. The van der Waals surface area contributed by atoms with Crippen LogP contribution in [0.5, 0.6) is 0 Å². The van der Waals surface area contributed by atoms with E-state index in [9.17, 15) is 0 Å². The summed E-state index contributed by atoms with van der Waals surface area (Å²) >= 11 is 0. The fourth-order valence-electron chi connectivity index (χ4n) is 15.5. The molecular formula is C86H60N2. The van der Waals surface area contributed by atoms with Crippen molar-refractivity contribution in [2.45, 2.75) is 38.5 Å². The van der Waals surface area contributed by atoms with Gasteiger partial charge in [0.15, 0.2) is 0 Å². The maximum absolute atomic E-state index is 2.47. The molecule has 0 spiro atoms. The molecule has 2 heterocycles. The van der Waals surface area contributed by atoms with Gasteiger partial charge in [-0.2, -0.15) is 0 Å². The molecule has 2 aliphatic rings. The molecule has 0 bridgehead atoms. The summed E-state index contributed by atoms with van der Waals surface area (Å²) in [7, 11) is 0. The lowest BCUT2D eigenvalue weighted by Crippen LogP contribution is -2.15. The molecule has 0 N–H and O–H groups in total. The Morgan fingerprint density at radius 1 is 0.205 bits per heavy atom. The Balaban J connectivity index is 0.603. The van der Waals surface area contributed by atoms with Crippen LogP contribution in [0.2, 0.25) is 0 Å². The van der Waals surface area contributed by atoms with Gasteiger partial charge in [-0.1, -0.05) is 246 Å². The molecule has 414 valence electrons. The average molecular weight is 1120 g/mol. The number of fused-ring (bicyclic) bond motifs is 14. The standard InChI is InChI=1S/C86H60N2/c1-85(2)75-49-61(55-31-27-53(28-32-55)59-39-45-83-73(47-59)71-21-9-11-23-81(71)87(83)79-25-13-17-57-15-5-7-19-65(57)79)35-41-67(75)69-43-37-63(51-77(69)85)64-38-44-70-68-42-36-62(50-76(68)86(3,4)78(70)52-64)56-33-29-54(30-34-56)60-40-46-84-74(48-60)72-22-10-12-24-82(72)88(84)80-26-14-18-58-16-6-8-20-66(58)80/h5-52H,1-4H3. The molecule has 0 saturated carbocycles. The van der Waals surface area contributed by atoms with E-state index in [-0.39, 0.29) is 10.8 Å². The lowest BCUT2D eigenvalue weighted by atomic mass is 9.79. The van der Waals surface area contributed by atoms with Crippen molar-refractivity contribution in [1.82, 2.24) is 9.13 Å². The van der Waals surface area contributed by atoms with Crippen LogP contribution in [0.3, 0.4) is 0 Å². The minimum atomic E-state index is -0.175. The Bertz CT molecular complexity index is 5250. The number of rotatable bonds is 7. The third-order valence-electron chi connectivity index (χ3n) is 20.1. The second-order valence-electron chi connectivity index (χ2n) is 25.6. The summed E-state index contributed by atoms with van der Waals surface area (Å²) in [6.45, 7) is 9.62. The highest BCUT2D eigenvalue weighted by Crippen LogP contribution is 2.54. The number of para-hydroxylation sites is 2. The smallest absolute Gasteiger partial charge is 0.0541 e. The SMILES string of the molecule is CC1(C)c2cc(-c3ccc(-c4ccc5c(c4)c4ccccc4n5-c4cccc5ccccc45)cc3)ccc2-c2ccc(-c3ccc4c(c3)C(C)(C)c3cc(-c5ccc(-c6ccc7c(c6)c6ccccc6n7-c6cccc7ccccc67)cc5)ccc3-4)cc21. The van der Waals surface area contributed by atoms with Crippen LogP contribution in [-0.4, -0.2) is 9.13 Å². The van der Waals surface area contributed by atoms with Crippen LogP contribution in [0, 0.1) is 0 Å². The molecule has 0 unspecified atom stereocenters. The first kappa shape index (κ1) is 50.5. The lowest BCUT2D eigenvalue weighted by Gasteiger charge is -2.24. The second-order valence-corrected chi connectivity index (χ2v) is 25.6. The van der Waals surface area contributed by atoms with E-state index < -0.39 is 0 Å². The van der Waals surface area contributed by atoms with Gasteiger partial charge in [0.1, 0.15) is 0 Å². The molecule has 0 radical (unpaired) electrons. The van der Waals surface area contributed by atoms with E-state index in [1.165, 1.54) is 177 Å². The molecule has 88 heavy (non-hydrogen) atoms. The van der Waals surface area contributed by atoms with E-state index in [0.717, 1.165) is 0 Å². The lowest BCUT2D eigenvalue weighted by molar-refractivity contribution is 0.660.